The van der Waals surface area contributed by atoms with Gasteiger partial charge in [0.1, 0.15) is 10.1 Å². The monoisotopic (exact) mass is 313 g/mol. The molecule has 1 aromatic rings. The van der Waals surface area contributed by atoms with Gasteiger partial charge in [0.05, 0.1) is 4.90 Å². The summed E-state index contributed by atoms with van der Waals surface area (Å²) < 4.78 is 33.1. The second-order valence-corrected chi connectivity index (χ2v) is 5.60. The van der Waals surface area contributed by atoms with Crippen molar-refractivity contribution in [3.63, 3.8) is 0 Å². The van der Waals surface area contributed by atoms with Gasteiger partial charge in [0.2, 0.25) is 5.91 Å². The fraction of sp³-hybridized carbons (Fsp3) is 0.364. The molecular formula is C11H13ClNNaO4S. The van der Waals surface area contributed by atoms with E-state index >= 15 is 0 Å². The number of anilines is 1. The number of nitrogens with one attached hydrogen (secondary N) is 1. The van der Waals surface area contributed by atoms with Gasteiger partial charge < -0.3 is 9.87 Å². The molecule has 5 nitrogen and oxygen atoms in total. The van der Waals surface area contributed by atoms with Gasteiger partial charge in [-0.1, -0.05) is 6.07 Å². The van der Waals surface area contributed by atoms with Crippen molar-refractivity contribution in [1.82, 2.24) is 0 Å². The van der Waals surface area contributed by atoms with Gasteiger partial charge in [0, 0.05) is 18.0 Å². The summed E-state index contributed by atoms with van der Waals surface area (Å²) in [5.41, 5.74) is 1.35. The summed E-state index contributed by atoms with van der Waals surface area (Å²) in [4.78, 5) is 11.1. The summed E-state index contributed by atoms with van der Waals surface area (Å²) in [6.45, 7) is 3.24. The van der Waals surface area contributed by atoms with E-state index in [1.54, 1.807) is 13.0 Å². The predicted molar refractivity (Wildman–Crippen MR) is 67.8 cm³/mol. The van der Waals surface area contributed by atoms with Crippen LogP contribution in [-0.4, -0.2) is 24.8 Å². The Morgan fingerprint density at radius 1 is 1.32 bits per heavy atom. The van der Waals surface area contributed by atoms with E-state index in [0.717, 1.165) is 0 Å². The number of carbonyl (C=O) groups is 1. The smallest absolute Gasteiger partial charge is 0.744 e. The van der Waals surface area contributed by atoms with Gasteiger partial charge >= 0.3 is 29.6 Å². The van der Waals surface area contributed by atoms with Crippen molar-refractivity contribution in [3.8, 4) is 0 Å². The molecular weight excluding hydrogens is 301 g/mol. The SMILES string of the molecule is Cc1cc(C)c(S(=O)(=O)[O-])cc1NC(=O)CCCl.[Na+]. The van der Waals surface area contributed by atoms with Crippen LogP contribution in [0.2, 0.25) is 0 Å². The third kappa shape index (κ3) is 5.41. The molecule has 1 N–H and O–H groups in total. The van der Waals surface area contributed by atoms with Crippen LogP contribution < -0.4 is 34.9 Å². The Balaban J connectivity index is 0.00000324. The molecule has 1 aromatic carbocycles. The largest absolute Gasteiger partial charge is 1.00 e. The molecule has 0 aliphatic heterocycles. The average molecular weight is 314 g/mol. The van der Waals surface area contributed by atoms with Crippen LogP contribution in [0.15, 0.2) is 17.0 Å². The standard InChI is InChI=1S/C11H14ClNO4S.Na/c1-7-5-8(2)10(18(15,16)17)6-9(7)13-11(14)3-4-12;/h5-6H,3-4H2,1-2H3,(H,13,14)(H,15,16,17);/q;+1/p-1. The Kier molecular flexibility index (Phi) is 7.57. The molecule has 1 rings (SSSR count). The summed E-state index contributed by atoms with van der Waals surface area (Å²) in [7, 11) is -4.55. The fourth-order valence-corrected chi connectivity index (χ4v) is 2.42. The van der Waals surface area contributed by atoms with Crippen molar-refractivity contribution in [2.45, 2.75) is 25.2 Å². The maximum absolute atomic E-state index is 11.4. The van der Waals surface area contributed by atoms with E-state index < -0.39 is 10.1 Å². The Hall–Kier alpha value is -0.110. The number of rotatable bonds is 4. The Labute approximate surface area is 139 Å². The minimum absolute atomic E-state index is 0. The molecule has 8 heteroatoms. The van der Waals surface area contributed by atoms with Crippen molar-refractivity contribution >= 4 is 33.3 Å². The van der Waals surface area contributed by atoms with Crippen molar-refractivity contribution in [2.24, 2.45) is 0 Å². The molecule has 0 aliphatic rings. The molecule has 0 heterocycles. The zero-order valence-electron chi connectivity index (χ0n) is 11.0. The summed E-state index contributed by atoms with van der Waals surface area (Å²) in [6, 6.07) is 2.72. The molecule has 0 fully saturated rings. The summed E-state index contributed by atoms with van der Waals surface area (Å²) >= 11 is 5.42. The minimum atomic E-state index is -4.55. The van der Waals surface area contributed by atoms with E-state index in [2.05, 4.69) is 5.32 Å². The summed E-state index contributed by atoms with van der Waals surface area (Å²) in [5.74, 6) is -0.157. The van der Waals surface area contributed by atoms with E-state index in [9.17, 15) is 17.8 Å². The van der Waals surface area contributed by atoms with Gasteiger partial charge in [0.25, 0.3) is 0 Å². The molecule has 0 saturated heterocycles. The van der Waals surface area contributed by atoms with Gasteiger partial charge in [-0.15, -0.1) is 11.6 Å². The van der Waals surface area contributed by atoms with Gasteiger partial charge in [0.15, 0.2) is 0 Å². The molecule has 0 bridgehead atoms. The van der Waals surface area contributed by atoms with Gasteiger partial charge in [-0.05, 0) is 31.0 Å². The molecule has 19 heavy (non-hydrogen) atoms. The number of aryl methyl sites for hydroxylation is 2. The zero-order valence-corrected chi connectivity index (χ0v) is 14.6. The number of alkyl halides is 1. The first-order valence-electron chi connectivity index (χ1n) is 5.18. The van der Waals surface area contributed by atoms with Crippen LogP contribution in [0.4, 0.5) is 5.69 Å². The van der Waals surface area contributed by atoms with Crippen molar-refractivity contribution < 1.29 is 47.3 Å². The van der Waals surface area contributed by atoms with Gasteiger partial charge in [-0.3, -0.25) is 4.79 Å². The Morgan fingerprint density at radius 2 is 1.89 bits per heavy atom. The molecule has 0 radical (unpaired) electrons. The maximum Gasteiger partial charge on any atom is 1.00 e. The van der Waals surface area contributed by atoms with Crippen LogP contribution in [0, 0.1) is 13.8 Å². The van der Waals surface area contributed by atoms with E-state index in [1.807, 2.05) is 0 Å². The third-order valence-corrected chi connectivity index (χ3v) is 3.55. The van der Waals surface area contributed by atoms with Crippen molar-refractivity contribution in [2.75, 3.05) is 11.2 Å². The quantitative estimate of drug-likeness (QED) is 0.429. The van der Waals surface area contributed by atoms with Gasteiger partial charge in [-0.2, -0.15) is 0 Å². The second-order valence-electron chi connectivity index (χ2n) is 3.87. The van der Waals surface area contributed by atoms with E-state index in [0.29, 0.717) is 16.8 Å². The fourth-order valence-electron chi connectivity index (χ4n) is 1.53. The first-order chi connectivity index (χ1) is 8.25. The van der Waals surface area contributed by atoms with Crippen molar-refractivity contribution in [3.05, 3.63) is 23.3 Å². The van der Waals surface area contributed by atoms with Crippen LogP contribution in [-0.2, 0) is 14.9 Å². The van der Waals surface area contributed by atoms with E-state index in [1.165, 1.54) is 13.0 Å². The Morgan fingerprint density at radius 3 is 2.37 bits per heavy atom. The molecule has 0 saturated carbocycles. The minimum Gasteiger partial charge on any atom is -0.744 e. The summed E-state index contributed by atoms with van der Waals surface area (Å²) in [6.07, 6.45) is 0.119. The molecule has 0 unspecified atom stereocenters. The van der Waals surface area contributed by atoms with Crippen LogP contribution in [0.25, 0.3) is 0 Å². The average Bonchev–Trinajstić information content (AvgIpc) is 2.20. The van der Waals surface area contributed by atoms with E-state index in [-0.39, 0.29) is 52.7 Å². The molecule has 1 amide bonds. The normalized spacial score (nSPS) is 10.7. The van der Waals surface area contributed by atoms with Crippen LogP contribution in [0.1, 0.15) is 17.5 Å². The first kappa shape index (κ1) is 18.9. The zero-order chi connectivity index (χ0) is 13.9. The van der Waals surface area contributed by atoms with E-state index in [4.69, 9.17) is 11.6 Å². The number of benzene rings is 1. The third-order valence-electron chi connectivity index (χ3n) is 2.39. The number of hydrogen-bond acceptors (Lipinski definition) is 4. The maximum atomic E-state index is 11.4. The van der Waals surface area contributed by atoms with Crippen LogP contribution in [0.3, 0.4) is 0 Å². The molecule has 0 aliphatic carbocycles. The predicted octanol–water partition coefficient (Wildman–Crippen LogP) is -1.22. The van der Waals surface area contributed by atoms with Crippen LogP contribution in [0.5, 0.6) is 0 Å². The number of hydrogen-bond donors (Lipinski definition) is 1. The first-order valence-corrected chi connectivity index (χ1v) is 7.13. The molecule has 0 spiro atoms. The number of amides is 1. The molecule has 0 atom stereocenters. The second kappa shape index (κ2) is 7.61. The summed E-state index contributed by atoms with van der Waals surface area (Å²) in [5, 5.41) is 2.52. The molecule has 0 aromatic heterocycles. The number of halogens is 1. The van der Waals surface area contributed by atoms with Crippen LogP contribution >= 0.6 is 11.6 Å². The van der Waals surface area contributed by atoms with Crippen molar-refractivity contribution in [1.29, 1.82) is 0 Å². The number of carbonyl (C=O) groups excluding carboxylic acids is 1. The van der Waals surface area contributed by atoms with Gasteiger partial charge in [-0.25, -0.2) is 8.42 Å². The Bertz CT molecular complexity index is 574. The topological polar surface area (TPSA) is 86.3 Å². The molecule has 100 valence electrons.